The molecule has 2 heteroatoms. The van der Waals surface area contributed by atoms with Crippen molar-refractivity contribution in [1.29, 1.82) is 0 Å². The van der Waals surface area contributed by atoms with E-state index in [-0.39, 0.29) is 5.41 Å². The van der Waals surface area contributed by atoms with Crippen molar-refractivity contribution in [2.24, 2.45) is 0 Å². The second-order valence-corrected chi connectivity index (χ2v) is 21.9. The fourth-order valence-corrected chi connectivity index (χ4v) is 14.4. The van der Waals surface area contributed by atoms with E-state index in [1.165, 1.54) is 106 Å². The Balaban J connectivity index is 0.837. The normalized spacial score (nSPS) is 14.7. The largest absolute Gasteiger partial charge is 0.228 e. The minimum Gasteiger partial charge on any atom is -0.228 e. The van der Waals surface area contributed by atoms with Gasteiger partial charge in [0, 0.05) is 22.1 Å². The number of hydrogen-bond acceptors (Lipinski definition) is 2. The monoisotopic (exact) mass is 978 g/mol. The zero-order chi connectivity index (χ0) is 51.0. The lowest BCUT2D eigenvalue weighted by atomic mass is 9.52. The predicted molar refractivity (Wildman–Crippen MR) is 315 cm³/mol. The smallest absolute Gasteiger partial charge is 0.160 e. The molecule has 0 saturated heterocycles. The van der Waals surface area contributed by atoms with Crippen molar-refractivity contribution in [3.05, 3.63) is 323 Å². The summed E-state index contributed by atoms with van der Waals surface area (Å²) in [6.45, 7) is 4.66. The molecule has 0 unspecified atom stereocenters. The number of benzene rings is 11. The van der Waals surface area contributed by atoms with Gasteiger partial charge in [-0.25, -0.2) is 9.97 Å². The molecule has 0 bridgehead atoms. The predicted octanol–water partition coefficient (Wildman–Crippen LogP) is 18.2. The molecule has 0 radical (unpaired) electrons. The van der Waals surface area contributed by atoms with Gasteiger partial charge in [-0.1, -0.05) is 263 Å². The SMILES string of the molecule is CC1(C)c2ccccc2-c2ccc(-c3nc(-c4ccc(-c5ccccc5)cc4)cc(-c4ccc(-c5ccc6c(c5)C5(c7ccccc7-6)c6ccccc6C6(c7ccccc7-c7ccccc76)c6ccccc65)cc4)n3)cc21. The molecule has 2 spiro atoms. The Hall–Kier alpha value is -9.50. The van der Waals surface area contributed by atoms with E-state index in [1.54, 1.807) is 0 Å². The fraction of sp³-hybridized carbons (Fsp3) is 0.0667. The Morgan fingerprint density at radius 3 is 1.03 bits per heavy atom. The second-order valence-electron chi connectivity index (χ2n) is 21.9. The van der Waals surface area contributed by atoms with Crippen LogP contribution in [-0.4, -0.2) is 9.97 Å². The van der Waals surface area contributed by atoms with Gasteiger partial charge in [-0.05, 0) is 129 Å². The molecular formula is C75H50N2. The molecule has 0 amide bonds. The molecule has 1 heterocycles. The Morgan fingerprint density at radius 1 is 0.221 bits per heavy atom. The standard InChI is InChI=1S/C75H50N2/c1-73(2)60-24-10-6-20-54(60)58-43-41-53(45-68(58)73)72-76-70(50-36-32-48(33-37-50)47-18-4-3-5-19-47)46-71(77-72)51-38-34-49(35-39-51)52-40-42-59-57-23-9-13-27-63(57)75(69(59)44-52)66-30-16-14-28-64(66)74(65-29-15-17-31-67(65)75)61-25-11-7-21-55(61)56-22-8-12-26-62(56)74/h3-46H,1-2H3. The summed E-state index contributed by atoms with van der Waals surface area (Å²) in [5, 5.41) is 0. The lowest BCUT2D eigenvalue weighted by Gasteiger charge is -2.48. The summed E-state index contributed by atoms with van der Waals surface area (Å²) in [5.74, 6) is 0.714. The van der Waals surface area contributed by atoms with Crippen molar-refractivity contribution < 1.29 is 0 Å². The van der Waals surface area contributed by atoms with Crippen LogP contribution in [0.5, 0.6) is 0 Å². The third-order valence-corrected chi connectivity index (χ3v) is 17.8. The van der Waals surface area contributed by atoms with Crippen molar-refractivity contribution in [2.45, 2.75) is 30.1 Å². The van der Waals surface area contributed by atoms with E-state index < -0.39 is 10.8 Å². The molecule has 0 atom stereocenters. The van der Waals surface area contributed by atoms with Gasteiger partial charge in [-0.3, -0.25) is 0 Å². The summed E-state index contributed by atoms with van der Waals surface area (Å²) >= 11 is 0. The van der Waals surface area contributed by atoms with E-state index in [0.29, 0.717) is 5.82 Å². The van der Waals surface area contributed by atoms with Gasteiger partial charge in [0.2, 0.25) is 0 Å². The number of hydrogen-bond donors (Lipinski definition) is 0. The zero-order valence-corrected chi connectivity index (χ0v) is 42.8. The zero-order valence-electron chi connectivity index (χ0n) is 42.8. The van der Waals surface area contributed by atoms with Crippen molar-refractivity contribution in [1.82, 2.24) is 9.97 Å². The van der Waals surface area contributed by atoms with Crippen molar-refractivity contribution in [3.63, 3.8) is 0 Å². The van der Waals surface area contributed by atoms with Crippen LogP contribution >= 0.6 is 0 Å². The summed E-state index contributed by atoms with van der Waals surface area (Å²) in [5.41, 5.74) is 29.5. The van der Waals surface area contributed by atoms with Gasteiger partial charge in [0.05, 0.1) is 22.2 Å². The molecule has 0 aliphatic heterocycles. The molecule has 12 aromatic rings. The number of fused-ring (bicyclic) bond motifs is 19. The van der Waals surface area contributed by atoms with Crippen molar-refractivity contribution >= 4 is 0 Å². The highest BCUT2D eigenvalue weighted by Gasteiger charge is 2.59. The summed E-state index contributed by atoms with van der Waals surface area (Å²) in [7, 11) is 0. The third kappa shape index (κ3) is 6.01. The van der Waals surface area contributed by atoms with E-state index >= 15 is 0 Å². The van der Waals surface area contributed by atoms with E-state index in [9.17, 15) is 0 Å². The second kappa shape index (κ2) is 16.3. The lowest BCUT2D eigenvalue weighted by Crippen LogP contribution is -2.43. The molecule has 11 aromatic carbocycles. The Bertz CT molecular complexity index is 4310. The minimum absolute atomic E-state index is 0.147. The molecule has 2 nitrogen and oxygen atoms in total. The molecule has 1 aromatic heterocycles. The molecule has 77 heavy (non-hydrogen) atoms. The average Bonchev–Trinajstić information content (AvgIpc) is 4.16. The molecule has 4 aliphatic carbocycles. The van der Waals surface area contributed by atoms with Crippen molar-refractivity contribution in [2.75, 3.05) is 0 Å². The first-order chi connectivity index (χ1) is 37.9. The fourth-order valence-electron chi connectivity index (χ4n) is 14.4. The van der Waals surface area contributed by atoms with Crippen LogP contribution in [-0.2, 0) is 16.2 Å². The van der Waals surface area contributed by atoms with Crippen molar-refractivity contribution in [3.8, 4) is 89.5 Å². The first-order valence-electron chi connectivity index (χ1n) is 27.0. The summed E-state index contributed by atoms with van der Waals surface area (Å²) in [4.78, 5) is 10.8. The maximum absolute atomic E-state index is 5.41. The molecule has 0 saturated carbocycles. The summed E-state index contributed by atoms with van der Waals surface area (Å²) < 4.78 is 0. The molecule has 0 N–H and O–H groups in total. The summed E-state index contributed by atoms with van der Waals surface area (Å²) in [6, 6.07) is 99.4. The first-order valence-corrected chi connectivity index (χ1v) is 27.0. The van der Waals surface area contributed by atoms with Gasteiger partial charge < -0.3 is 0 Å². The highest BCUT2D eigenvalue weighted by Crippen LogP contribution is 2.67. The Morgan fingerprint density at radius 2 is 0.532 bits per heavy atom. The molecule has 16 rings (SSSR count). The van der Waals surface area contributed by atoms with Gasteiger partial charge in [-0.2, -0.15) is 0 Å². The van der Waals surface area contributed by atoms with Gasteiger partial charge in [-0.15, -0.1) is 0 Å². The van der Waals surface area contributed by atoms with Gasteiger partial charge in [0.1, 0.15) is 0 Å². The van der Waals surface area contributed by atoms with Crippen LogP contribution in [0.15, 0.2) is 267 Å². The first kappa shape index (κ1) is 43.9. The van der Waals surface area contributed by atoms with Crippen LogP contribution in [0.25, 0.3) is 89.5 Å². The molecule has 360 valence electrons. The van der Waals surface area contributed by atoms with Crippen LogP contribution in [0.1, 0.15) is 69.5 Å². The molecule has 4 aliphatic rings. The average molecular weight is 979 g/mol. The number of nitrogens with zero attached hydrogens (tertiary/aromatic N) is 2. The van der Waals surface area contributed by atoms with Gasteiger partial charge >= 0.3 is 0 Å². The van der Waals surface area contributed by atoms with E-state index in [1.807, 2.05) is 0 Å². The Labute approximate surface area is 449 Å². The van der Waals surface area contributed by atoms with Crippen LogP contribution < -0.4 is 0 Å². The molecule has 0 fully saturated rings. The highest BCUT2D eigenvalue weighted by atomic mass is 14.9. The summed E-state index contributed by atoms with van der Waals surface area (Å²) in [6.07, 6.45) is 0. The van der Waals surface area contributed by atoms with Crippen LogP contribution in [0, 0.1) is 0 Å². The maximum atomic E-state index is 5.41. The van der Waals surface area contributed by atoms with E-state index in [4.69, 9.17) is 9.97 Å². The highest BCUT2D eigenvalue weighted by molar-refractivity contribution is 5.95. The topological polar surface area (TPSA) is 25.8 Å². The van der Waals surface area contributed by atoms with Crippen LogP contribution in [0.3, 0.4) is 0 Å². The van der Waals surface area contributed by atoms with Crippen LogP contribution in [0.4, 0.5) is 0 Å². The number of rotatable bonds is 5. The maximum Gasteiger partial charge on any atom is 0.160 e. The van der Waals surface area contributed by atoms with Crippen LogP contribution in [0.2, 0.25) is 0 Å². The van der Waals surface area contributed by atoms with E-state index in [2.05, 4.69) is 281 Å². The molecular weight excluding hydrogens is 929 g/mol. The third-order valence-electron chi connectivity index (χ3n) is 17.8. The quantitative estimate of drug-likeness (QED) is 0.172. The lowest BCUT2D eigenvalue weighted by molar-refractivity contribution is 0.633. The van der Waals surface area contributed by atoms with Gasteiger partial charge in [0.15, 0.2) is 5.82 Å². The number of aromatic nitrogens is 2. The minimum atomic E-state index is -0.560. The van der Waals surface area contributed by atoms with E-state index in [0.717, 1.165) is 33.6 Å². The van der Waals surface area contributed by atoms with Gasteiger partial charge in [0.25, 0.3) is 0 Å². The Kier molecular flexibility index (Phi) is 9.26.